The Morgan fingerprint density at radius 3 is 2.61 bits per heavy atom. The Bertz CT molecular complexity index is 953. The van der Waals surface area contributed by atoms with Crippen LogP contribution in [0, 0.1) is 0 Å². The summed E-state index contributed by atoms with van der Waals surface area (Å²) in [5.41, 5.74) is 2.02. The molecule has 3 aromatic rings. The Kier molecular flexibility index (Phi) is 5.40. The Morgan fingerprint density at radius 1 is 1.21 bits per heavy atom. The van der Waals surface area contributed by atoms with Gasteiger partial charge in [0.25, 0.3) is 0 Å². The third kappa shape index (κ3) is 3.79. The van der Waals surface area contributed by atoms with E-state index in [0.29, 0.717) is 12.4 Å². The van der Waals surface area contributed by atoms with Crippen molar-refractivity contribution >= 4 is 18.6 Å². The van der Waals surface area contributed by atoms with Gasteiger partial charge in [0.2, 0.25) is 0 Å². The summed E-state index contributed by atoms with van der Waals surface area (Å²) < 4.78 is 7.87. The largest absolute Gasteiger partial charge is 0.478 e. The number of hydrogen-bond acceptors (Lipinski definition) is 6. The molecule has 7 nitrogen and oxygen atoms in total. The van der Waals surface area contributed by atoms with Gasteiger partial charge in [0.15, 0.2) is 11.6 Å². The van der Waals surface area contributed by atoms with Crippen LogP contribution in [0.4, 0.5) is 0 Å². The van der Waals surface area contributed by atoms with E-state index in [1.807, 2.05) is 16.7 Å². The second-order valence-electron chi connectivity index (χ2n) is 6.69. The number of benzene rings is 1. The Balaban J connectivity index is 1.70. The van der Waals surface area contributed by atoms with Crippen molar-refractivity contribution in [1.29, 1.82) is 0 Å². The van der Waals surface area contributed by atoms with Crippen molar-refractivity contribution in [2.24, 2.45) is 0 Å². The monoisotopic (exact) mass is 396 g/mol. The van der Waals surface area contributed by atoms with E-state index in [1.165, 1.54) is 0 Å². The van der Waals surface area contributed by atoms with Crippen molar-refractivity contribution in [1.82, 2.24) is 19.7 Å². The van der Waals surface area contributed by atoms with Crippen molar-refractivity contribution in [3.8, 4) is 11.4 Å². The minimum Gasteiger partial charge on any atom is -0.478 e. The molecule has 28 heavy (non-hydrogen) atoms. The zero-order valence-electron chi connectivity index (χ0n) is 15.1. The minimum absolute atomic E-state index is 0.116. The van der Waals surface area contributed by atoms with Crippen LogP contribution in [0.15, 0.2) is 48.8 Å². The molecule has 0 radical (unpaired) electrons. The predicted octanol–water partition coefficient (Wildman–Crippen LogP) is 3.24. The number of carboxylic acid groups (broad SMARTS) is 1. The number of nitrogens with zero attached hydrogens (tertiary/aromatic N) is 4. The number of rotatable bonds is 6. The lowest BCUT2D eigenvalue weighted by Gasteiger charge is -2.18. The highest BCUT2D eigenvalue weighted by Crippen LogP contribution is 2.31. The maximum atomic E-state index is 11.1. The average Bonchev–Trinajstić information content (AvgIpc) is 3.38. The van der Waals surface area contributed by atoms with Gasteiger partial charge in [0, 0.05) is 24.6 Å². The van der Waals surface area contributed by atoms with Gasteiger partial charge in [-0.25, -0.2) is 4.79 Å². The van der Waals surface area contributed by atoms with Gasteiger partial charge in [-0.3, -0.25) is 4.98 Å². The topological polar surface area (TPSA) is 90.1 Å². The van der Waals surface area contributed by atoms with Gasteiger partial charge in [-0.15, -0.1) is 10.2 Å². The van der Waals surface area contributed by atoms with Crippen LogP contribution in [0.25, 0.3) is 11.4 Å². The molecule has 1 N–H and O–H groups in total. The molecule has 8 heteroatoms. The Morgan fingerprint density at radius 2 is 1.96 bits per heavy atom. The number of carboxylic acids is 1. The third-order valence-electron chi connectivity index (χ3n) is 4.85. The van der Waals surface area contributed by atoms with E-state index in [9.17, 15) is 4.79 Å². The van der Waals surface area contributed by atoms with Crippen molar-refractivity contribution in [2.45, 2.75) is 30.7 Å². The van der Waals surface area contributed by atoms with Crippen molar-refractivity contribution in [3.63, 3.8) is 0 Å². The van der Waals surface area contributed by atoms with Crippen molar-refractivity contribution in [3.05, 3.63) is 65.7 Å². The van der Waals surface area contributed by atoms with Crippen LogP contribution in [0.2, 0.25) is 0 Å². The molecule has 4 rings (SSSR count). The van der Waals surface area contributed by atoms with Crippen molar-refractivity contribution in [2.75, 3.05) is 6.61 Å². The van der Waals surface area contributed by atoms with Crippen LogP contribution in [0.1, 0.15) is 39.8 Å². The predicted molar refractivity (Wildman–Crippen MR) is 106 cm³/mol. The van der Waals surface area contributed by atoms with Gasteiger partial charge in [0.1, 0.15) is 0 Å². The smallest absolute Gasteiger partial charge is 0.335 e. The molecule has 0 amide bonds. The lowest BCUT2D eigenvalue weighted by atomic mass is 10.1. The number of aromatic carboxylic acids is 1. The van der Waals surface area contributed by atoms with Gasteiger partial charge >= 0.3 is 5.97 Å². The van der Waals surface area contributed by atoms with E-state index in [4.69, 9.17) is 22.5 Å². The number of aromatic nitrogens is 4. The number of hydrogen-bond donors (Lipinski definition) is 2. The van der Waals surface area contributed by atoms with Gasteiger partial charge in [0.05, 0.1) is 23.5 Å². The average molecular weight is 396 g/mol. The summed E-state index contributed by atoms with van der Waals surface area (Å²) in [6.45, 7) is 1.41. The van der Waals surface area contributed by atoms with Gasteiger partial charge < -0.3 is 14.4 Å². The number of ether oxygens (including phenoxy) is 1. The number of carbonyl (C=O) groups is 1. The third-order valence-corrected chi connectivity index (χ3v) is 5.38. The molecule has 3 heterocycles. The summed E-state index contributed by atoms with van der Waals surface area (Å²) >= 11 is 4.76. The van der Waals surface area contributed by atoms with Crippen LogP contribution in [0.3, 0.4) is 0 Å². The summed E-state index contributed by atoms with van der Waals surface area (Å²) in [5, 5.41) is 17.6. The van der Waals surface area contributed by atoms with Gasteiger partial charge in [-0.2, -0.15) is 12.6 Å². The minimum atomic E-state index is -0.955. The van der Waals surface area contributed by atoms with E-state index in [2.05, 4.69) is 15.2 Å². The molecule has 1 aromatic carbocycles. The van der Waals surface area contributed by atoms with E-state index < -0.39 is 5.97 Å². The molecule has 144 valence electrons. The lowest BCUT2D eigenvalue weighted by Crippen LogP contribution is -2.19. The van der Waals surface area contributed by atoms with Crippen LogP contribution in [-0.4, -0.2) is 43.5 Å². The fourth-order valence-electron chi connectivity index (χ4n) is 3.36. The van der Waals surface area contributed by atoms with Gasteiger partial charge in [-0.1, -0.05) is 12.1 Å². The molecule has 0 saturated carbocycles. The number of pyridine rings is 1. The molecular weight excluding hydrogens is 376 g/mol. The highest BCUT2D eigenvalue weighted by Gasteiger charge is 2.25. The Hall–Kier alpha value is -2.71. The summed E-state index contributed by atoms with van der Waals surface area (Å²) in [6.07, 6.45) is 5.61. The van der Waals surface area contributed by atoms with Gasteiger partial charge in [-0.05, 0) is 42.7 Å². The highest BCUT2D eigenvalue weighted by molar-refractivity contribution is 7.80. The van der Waals surface area contributed by atoms with Crippen LogP contribution >= 0.6 is 12.6 Å². The molecule has 1 aliphatic rings. The lowest BCUT2D eigenvalue weighted by molar-refractivity contribution is 0.0697. The van der Waals surface area contributed by atoms with Crippen LogP contribution < -0.4 is 0 Å². The number of thiol groups is 1. The molecule has 2 aromatic heterocycles. The van der Waals surface area contributed by atoms with Crippen LogP contribution in [0.5, 0.6) is 0 Å². The molecule has 0 bridgehead atoms. The molecule has 2 atom stereocenters. The fraction of sp³-hybridized carbons (Fsp3) is 0.300. The first-order chi connectivity index (χ1) is 13.6. The molecule has 0 spiro atoms. The zero-order valence-corrected chi connectivity index (χ0v) is 16.0. The fourth-order valence-corrected chi connectivity index (χ4v) is 3.72. The van der Waals surface area contributed by atoms with E-state index in [1.54, 1.807) is 36.7 Å². The first-order valence-electron chi connectivity index (χ1n) is 9.10. The quantitative estimate of drug-likeness (QED) is 0.622. The van der Waals surface area contributed by atoms with E-state index >= 15 is 0 Å². The standard InChI is InChI=1S/C20H20N4O3S/c25-20(26)15-5-3-13(4-6-15)17(28)19-23-22-18(14-7-9-21-10-8-14)24(19)12-16-2-1-11-27-16/h3-10,16-17,28H,1-2,11-12H2,(H,25,26). The van der Waals surface area contributed by atoms with E-state index in [0.717, 1.165) is 36.4 Å². The molecule has 1 fully saturated rings. The molecule has 1 aliphatic heterocycles. The second kappa shape index (κ2) is 8.12. The molecule has 1 saturated heterocycles. The molecular formula is C20H20N4O3S. The second-order valence-corrected chi connectivity index (χ2v) is 7.21. The first-order valence-corrected chi connectivity index (χ1v) is 9.61. The summed E-state index contributed by atoms with van der Waals surface area (Å²) in [5.74, 6) is 0.492. The van der Waals surface area contributed by atoms with E-state index in [-0.39, 0.29) is 16.9 Å². The normalized spacial score (nSPS) is 17.5. The Labute approximate surface area is 167 Å². The van der Waals surface area contributed by atoms with Crippen LogP contribution in [-0.2, 0) is 11.3 Å². The summed E-state index contributed by atoms with van der Waals surface area (Å²) in [6, 6.07) is 10.5. The molecule has 2 unspecified atom stereocenters. The summed E-state index contributed by atoms with van der Waals surface area (Å²) in [4.78, 5) is 15.2. The maximum absolute atomic E-state index is 11.1. The SMILES string of the molecule is O=C(O)c1ccc(C(S)c2nnc(-c3ccncc3)n2CC2CCCO2)cc1. The maximum Gasteiger partial charge on any atom is 0.335 e. The van der Waals surface area contributed by atoms with Crippen molar-refractivity contribution < 1.29 is 14.6 Å². The first kappa shape index (κ1) is 18.6. The highest BCUT2D eigenvalue weighted by atomic mass is 32.1. The zero-order chi connectivity index (χ0) is 19.5. The molecule has 0 aliphatic carbocycles. The summed E-state index contributed by atoms with van der Waals surface area (Å²) in [7, 11) is 0.